The Labute approximate surface area is 118 Å². The van der Waals surface area contributed by atoms with Crippen molar-refractivity contribution in [3.05, 3.63) is 41.2 Å². The number of aldehydes is 1. The summed E-state index contributed by atoms with van der Waals surface area (Å²) in [5.74, 6) is 0. The van der Waals surface area contributed by atoms with Crippen molar-refractivity contribution < 1.29 is 9.53 Å². The molecular formula is C15H19N3O2. The van der Waals surface area contributed by atoms with E-state index in [2.05, 4.69) is 43.2 Å². The van der Waals surface area contributed by atoms with Crippen molar-refractivity contribution in [2.75, 3.05) is 7.11 Å². The lowest BCUT2D eigenvalue weighted by atomic mass is 9.87. The molecule has 0 unspecified atom stereocenters. The van der Waals surface area contributed by atoms with Gasteiger partial charge in [0, 0.05) is 7.11 Å². The molecular weight excluding hydrogens is 254 g/mol. The van der Waals surface area contributed by atoms with Gasteiger partial charge < -0.3 is 4.74 Å². The number of benzene rings is 1. The number of carbonyl (C=O) groups is 1. The first-order valence-corrected chi connectivity index (χ1v) is 6.47. The Hall–Kier alpha value is -2.01. The quantitative estimate of drug-likeness (QED) is 0.803. The molecule has 106 valence electrons. The third-order valence-electron chi connectivity index (χ3n) is 3.16. The summed E-state index contributed by atoms with van der Waals surface area (Å²) in [4.78, 5) is 11.0. The lowest BCUT2D eigenvalue weighted by molar-refractivity contribution is 0.111. The van der Waals surface area contributed by atoms with Crippen LogP contribution in [0.25, 0.3) is 5.69 Å². The average Bonchev–Trinajstić information content (AvgIpc) is 2.81. The fourth-order valence-corrected chi connectivity index (χ4v) is 1.99. The third-order valence-corrected chi connectivity index (χ3v) is 3.16. The van der Waals surface area contributed by atoms with Gasteiger partial charge in [-0.1, -0.05) is 38.1 Å². The van der Waals surface area contributed by atoms with E-state index in [9.17, 15) is 4.79 Å². The molecule has 0 bridgehead atoms. The molecule has 1 heterocycles. The minimum absolute atomic E-state index is 0.101. The first-order valence-electron chi connectivity index (χ1n) is 6.47. The molecule has 0 amide bonds. The molecule has 2 aromatic rings. The van der Waals surface area contributed by atoms with Crippen LogP contribution in [0.15, 0.2) is 24.3 Å². The van der Waals surface area contributed by atoms with Gasteiger partial charge in [0.25, 0.3) is 0 Å². The second kappa shape index (κ2) is 5.54. The number of methoxy groups -OCH3 is 1. The molecule has 0 aliphatic heterocycles. The Balaban J connectivity index is 2.41. The fourth-order valence-electron chi connectivity index (χ4n) is 1.99. The predicted molar refractivity (Wildman–Crippen MR) is 76.2 cm³/mol. The molecule has 0 saturated carbocycles. The normalized spacial score (nSPS) is 11.6. The summed E-state index contributed by atoms with van der Waals surface area (Å²) in [6.07, 6.45) is 0.696. The minimum Gasteiger partial charge on any atom is -0.378 e. The third kappa shape index (κ3) is 2.77. The number of aromatic nitrogens is 3. The second-order valence-corrected chi connectivity index (χ2v) is 5.68. The van der Waals surface area contributed by atoms with Gasteiger partial charge in [-0.15, -0.1) is 5.10 Å². The monoisotopic (exact) mass is 273 g/mol. The predicted octanol–water partition coefficient (Wildman–Crippen LogP) is 2.52. The van der Waals surface area contributed by atoms with Gasteiger partial charge in [0.2, 0.25) is 0 Å². The van der Waals surface area contributed by atoms with Gasteiger partial charge in [-0.05, 0) is 23.1 Å². The van der Waals surface area contributed by atoms with Crippen LogP contribution in [-0.2, 0) is 16.8 Å². The van der Waals surface area contributed by atoms with Gasteiger partial charge >= 0.3 is 0 Å². The van der Waals surface area contributed by atoms with E-state index in [0.29, 0.717) is 24.3 Å². The summed E-state index contributed by atoms with van der Waals surface area (Å²) in [6, 6.07) is 8.08. The topological polar surface area (TPSA) is 57.0 Å². The van der Waals surface area contributed by atoms with E-state index in [4.69, 9.17) is 4.74 Å². The Kier molecular flexibility index (Phi) is 3.99. The van der Waals surface area contributed by atoms with Gasteiger partial charge in [-0.2, -0.15) is 0 Å². The minimum atomic E-state index is 0.101. The SMILES string of the molecule is COCc1c(C=O)nnn1-c1ccc(C(C)(C)C)cc1. The highest BCUT2D eigenvalue weighted by Crippen LogP contribution is 2.23. The highest BCUT2D eigenvalue weighted by Gasteiger charge is 2.16. The summed E-state index contributed by atoms with van der Waals surface area (Å²) < 4.78 is 6.75. The fraction of sp³-hybridized carbons (Fsp3) is 0.400. The van der Waals surface area contributed by atoms with E-state index in [1.807, 2.05) is 12.1 Å². The van der Waals surface area contributed by atoms with E-state index in [0.717, 1.165) is 5.69 Å². The van der Waals surface area contributed by atoms with E-state index in [-0.39, 0.29) is 5.41 Å². The molecule has 2 rings (SSSR count). The van der Waals surface area contributed by atoms with Crippen molar-refractivity contribution in [2.24, 2.45) is 0 Å². The average molecular weight is 273 g/mol. The highest BCUT2D eigenvalue weighted by atomic mass is 16.5. The number of nitrogens with zero attached hydrogens (tertiary/aromatic N) is 3. The molecule has 0 atom stereocenters. The van der Waals surface area contributed by atoms with E-state index < -0.39 is 0 Å². The zero-order valence-electron chi connectivity index (χ0n) is 12.3. The molecule has 0 N–H and O–H groups in total. The summed E-state index contributed by atoms with van der Waals surface area (Å²) >= 11 is 0. The van der Waals surface area contributed by atoms with Crippen molar-refractivity contribution in [1.82, 2.24) is 15.0 Å². The molecule has 20 heavy (non-hydrogen) atoms. The standard InChI is InChI=1S/C15H19N3O2/c1-15(2,3)11-5-7-12(8-6-11)18-14(10-20-4)13(9-19)16-17-18/h5-9H,10H2,1-4H3. The Morgan fingerprint density at radius 2 is 1.90 bits per heavy atom. The van der Waals surface area contributed by atoms with Gasteiger partial charge in [-0.3, -0.25) is 4.79 Å². The molecule has 5 nitrogen and oxygen atoms in total. The molecule has 0 radical (unpaired) electrons. The van der Waals surface area contributed by atoms with Crippen LogP contribution in [0.4, 0.5) is 0 Å². The maximum absolute atomic E-state index is 11.0. The Morgan fingerprint density at radius 1 is 1.25 bits per heavy atom. The van der Waals surface area contributed by atoms with Gasteiger partial charge in [-0.25, -0.2) is 4.68 Å². The molecule has 0 fully saturated rings. The van der Waals surface area contributed by atoms with Crippen LogP contribution < -0.4 is 0 Å². The summed E-state index contributed by atoms with van der Waals surface area (Å²) in [5, 5.41) is 7.89. The van der Waals surface area contributed by atoms with Crippen LogP contribution in [0.3, 0.4) is 0 Å². The lowest BCUT2D eigenvalue weighted by Gasteiger charge is -2.19. The Morgan fingerprint density at radius 3 is 2.40 bits per heavy atom. The molecule has 5 heteroatoms. The second-order valence-electron chi connectivity index (χ2n) is 5.68. The van der Waals surface area contributed by atoms with Crippen LogP contribution in [0.5, 0.6) is 0 Å². The first kappa shape index (κ1) is 14.4. The van der Waals surface area contributed by atoms with Crippen LogP contribution in [0, 0.1) is 0 Å². The molecule has 0 saturated heterocycles. The molecule has 0 spiro atoms. The highest BCUT2D eigenvalue weighted by molar-refractivity contribution is 5.73. The number of hydrogen-bond donors (Lipinski definition) is 0. The molecule has 1 aromatic heterocycles. The van der Waals surface area contributed by atoms with E-state index in [1.54, 1.807) is 11.8 Å². The molecule has 1 aromatic carbocycles. The van der Waals surface area contributed by atoms with Crippen LogP contribution in [0.1, 0.15) is 42.5 Å². The smallest absolute Gasteiger partial charge is 0.172 e. The zero-order chi connectivity index (χ0) is 14.8. The van der Waals surface area contributed by atoms with Crippen molar-refractivity contribution in [3.63, 3.8) is 0 Å². The first-order chi connectivity index (χ1) is 9.47. The van der Waals surface area contributed by atoms with E-state index >= 15 is 0 Å². The van der Waals surface area contributed by atoms with Crippen molar-refractivity contribution in [1.29, 1.82) is 0 Å². The van der Waals surface area contributed by atoms with Crippen LogP contribution in [-0.4, -0.2) is 28.4 Å². The zero-order valence-corrected chi connectivity index (χ0v) is 12.3. The van der Waals surface area contributed by atoms with Crippen molar-refractivity contribution in [2.45, 2.75) is 32.8 Å². The van der Waals surface area contributed by atoms with Crippen molar-refractivity contribution in [3.8, 4) is 5.69 Å². The van der Waals surface area contributed by atoms with Gasteiger partial charge in [0.1, 0.15) is 5.69 Å². The number of hydrogen-bond acceptors (Lipinski definition) is 4. The lowest BCUT2D eigenvalue weighted by Crippen LogP contribution is -2.11. The largest absolute Gasteiger partial charge is 0.378 e. The van der Waals surface area contributed by atoms with Crippen molar-refractivity contribution >= 4 is 6.29 Å². The summed E-state index contributed by atoms with van der Waals surface area (Å²) in [7, 11) is 1.58. The van der Waals surface area contributed by atoms with Crippen LogP contribution in [0.2, 0.25) is 0 Å². The molecule has 0 aliphatic carbocycles. The van der Waals surface area contributed by atoms with Crippen LogP contribution >= 0.6 is 0 Å². The maximum Gasteiger partial charge on any atom is 0.172 e. The number of carbonyl (C=O) groups excluding carboxylic acids is 1. The number of ether oxygens (including phenoxy) is 1. The summed E-state index contributed by atoms with van der Waals surface area (Å²) in [5.41, 5.74) is 3.18. The maximum atomic E-state index is 11.0. The molecule has 0 aliphatic rings. The Bertz CT molecular complexity index is 595. The number of rotatable bonds is 4. The van der Waals surface area contributed by atoms with Gasteiger partial charge in [0.05, 0.1) is 12.3 Å². The van der Waals surface area contributed by atoms with Gasteiger partial charge in [0.15, 0.2) is 12.0 Å². The van der Waals surface area contributed by atoms with E-state index in [1.165, 1.54) is 5.56 Å². The summed E-state index contributed by atoms with van der Waals surface area (Å²) in [6.45, 7) is 6.79.